The van der Waals surface area contributed by atoms with E-state index in [9.17, 15) is 0 Å². The molecular formula is C22H30Cl2N8O. The smallest absolute Gasteiger partial charge is 0.222 e. The summed E-state index contributed by atoms with van der Waals surface area (Å²) in [5.41, 5.74) is 3.48. The van der Waals surface area contributed by atoms with Crippen molar-refractivity contribution in [2.24, 2.45) is 10.8 Å². The van der Waals surface area contributed by atoms with Crippen molar-refractivity contribution < 1.29 is 4.79 Å². The van der Waals surface area contributed by atoms with Crippen LogP contribution in [0.1, 0.15) is 11.1 Å². The fourth-order valence-electron chi connectivity index (χ4n) is 5.39. The molecule has 0 atom stereocenters. The van der Waals surface area contributed by atoms with Gasteiger partial charge in [0.15, 0.2) is 0 Å². The molecule has 4 aliphatic heterocycles. The first kappa shape index (κ1) is 24.4. The Morgan fingerprint density at radius 1 is 0.788 bits per heavy atom. The average molecular weight is 493 g/mol. The number of aromatic nitrogens is 4. The van der Waals surface area contributed by atoms with E-state index in [0.29, 0.717) is 21.4 Å². The van der Waals surface area contributed by atoms with Crippen molar-refractivity contribution in [2.45, 2.75) is 13.1 Å². The predicted octanol–water partition coefficient (Wildman–Crippen LogP) is 1.23. The number of hydrogen-bond donors (Lipinski definition) is 1. The first-order valence-corrected chi connectivity index (χ1v) is 11.7. The van der Waals surface area contributed by atoms with Crippen LogP contribution in [0, 0.1) is 10.8 Å². The Morgan fingerprint density at radius 3 is 1.52 bits per heavy atom. The molecule has 4 aliphatic rings. The molecule has 6 heterocycles. The Kier molecular flexibility index (Phi) is 7.57. The van der Waals surface area contributed by atoms with Gasteiger partial charge in [-0.2, -0.15) is 0 Å². The molecule has 1 N–H and O–H groups in total. The highest BCUT2D eigenvalue weighted by Crippen LogP contribution is 2.39. The Morgan fingerprint density at radius 2 is 1.18 bits per heavy atom. The normalized spacial score (nSPS) is 22.5. The number of likely N-dealkylation sites (tertiary alicyclic amines) is 3. The summed E-state index contributed by atoms with van der Waals surface area (Å²) in [5, 5.41) is 3.97. The van der Waals surface area contributed by atoms with Gasteiger partial charge in [0, 0.05) is 112 Å². The van der Waals surface area contributed by atoms with E-state index in [4.69, 9.17) is 28.0 Å². The zero-order valence-corrected chi connectivity index (χ0v) is 20.4. The summed E-state index contributed by atoms with van der Waals surface area (Å²) in [4.78, 5) is 31.2. The summed E-state index contributed by atoms with van der Waals surface area (Å²) in [6.45, 7) is 13.6. The standard InChI is InChI=1S/C11H15ClN4.C10H13ClN4.CH2O/c1-15-5-11(6-15)7-16(8-11)4-9-2-13-10(12)14-3-9;11-9-13-1-8(2-14-9)3-15-6-10(7-15)4-12-5-10;1-2/h2-3H,4-8H2,1H3;1-2,12H,3-7H2;1H2. The van der Waals surface area contributed by atoms with Crippen LogP contribution in [0.25, 0.3) is 0 Å². The van der Waals surface area contributed by atoms with Gasteiger partial charge in [0.25, 0.3) is 0 Å². The second-order valence-corrected chi connectivity index (χ2v) is 10.5. The van der Waals surface area contributed by atoms with Gasteiger partial charge in [0.1, 0.15) is 6.79 Å². The van der Waals surface area contributed by atoms with Crippen LogP contribution in [0.15, 0.2) is 24.8 Å². The lowest BCUT2D eigenvalue weighted by Gasteiger charge is -2.59. The van der Waals surface area contributed by atoms with Crippen molar-refractivity contribution in [3.63, 3.8) is 0 Å². The molecule has 2 aromatic rings. The Hall–Kier alpha value is -1.75. The maximum absolute atomic E-state index is 8.00. The number of carbonyl (C=O) groups is 1. The monoisotopic (exact) mass is 492 g/mol. The Balaban J connectivity index is 0.000000147. The fourth-order valence-corrected chi connectivity index (χ4v) is 5.58. The lowest BCUT2D eigenvalue weighted by Crippen LogP contribution is -2.70. The molecular weight excluding hydrogens is 463 g/mol. The van der Waals surface area contributed by atoms with Crippen LogP contribution in [0.2, 0.25) is 10.6 Å². The molecule has 0 unspecified atom stereocenters. The lowest BCUT2D eigenvalue weighted by molar-refractivity contribution is -0.108. The van der Waals surface area contributed by atoms with Crippen molar-refractivity contribution >= 4 is 30.0 Å². The van der Waals surface area contributed by atoms with Gasteiger partial charge in [-0.3, -0.25) is 9.80 Å². The van der Waals surface area contributed by atoms with Gasteiger partial charge >= 0.3 is 0 Å². The minimum Gasteiger partial charge on any atom is -0.315 e. The second kappa shape index (κ2) is 10.2. The van der Waals surface area contributed by atoms with E-state index in [1.165, 1.54) is 52.4 Å². The van der Waals surface area contributed by atoms with Crippen LogP contribution in [0.3, 0.4) is 0 Å². The number of carbonyl (C=O) groups excluding carboxylic acids is 1. The molecule has 178 valence electrons. The molecule has 33 heavy (non-hydrogen) atoms. The third-order valence-electron chi connectivity index (χ3n) is 6.61. The van der Waals surface area contributed by atoms with Crippen molar-refractivity contribution in [3.05, 3.63) is 46.5 Å². The third kappa shape index (κ3) is 5.85. The summed E-state index contributed by atoms with van der Waals surface area (Å²) in [6, 6.07) is 0. The number of nitrogens with one attached hydrogen (secondary N) is 1. The number of nitrogens with zero attached hydrogens (tertiary/aromatic N) is 7. The van der Waals surface area contributed by atoms with Crippen LogP contribution in [-0.4, -0.2) is 101 Å². The molecule has 2 spiro atoms. The maximum Gasteiger partial charge on any atom is 0.222 e. The van der Waals surface area contributed by atoms with Gasteiger partial charge in [0.2, 0.25) is 10.6 Å². The first-order chi connectivity index (χ1) is 15.9. The molecule has 0 radical (unpaired) electrons. The van der Waals surface area contributed by atoms with Crippen molar-refractivity contribution in [1.29, 1.82) is 0 Å². The highest BCUT2D eigenvalue weighted by Gasteiger charge is 2.50. The molecule has 0 bridgehead atoms. The summed E-state index contributed by atoms with van der Waals surface area (Å²) >= 11 is 11.3. The summed E-state index contributed by atoms with van der Waals surface area (Å²) in [5.74, 6) is 0. The van der Waals surface area contributed by atoms with E-state index in [2.05, 4.69) is 47.0 Å². The molecule has 6 rings (SSSR count). The van der Waals surface area contributed by atoms with E-state index in [1.807, 2.05) is 19.2 Å². The highest BCUT2D eigenvalue weighted by atomic mass is 35.5. The maximum atomic E-state index is 8.00. The van der Waals surface area contributed by atoms with Crippen LogP contribution >= 0.6 is 23.2 Å². The molecule has 4 saturated heterocycles. The quantitative estimate of drug-likeness (QED) is 0.632. The molecule has 4 fully saturated rings. The number of hydrogen-bond acceptors (Lipinski definition) is 9. The van der Waals surface area contributed by atoms with E-state index in [1.54, 1.807) is 12.4 Å². The van der Waals surface area contributed by atoms with Gasteiger partial charge in [-0.25, -0.2) is 19.9 Å². The van der Waals surface area contributed by atoms with E-state index in [0.717, 1.165) is 24.2 Å². The number of halogens is 2. The second-order valence-electron chi connectivity index (χ2n) is 9.79. The predicted molar refractivity (Wildman–Crippen MR) is 127 cm³/mol. The Bertz CT molecular complexity index is 903. The van der Waals surface area contributed by atoms with Gasteiger partial charge in [0.05, 0.1) is 0 Å². The summed E-state index contributed by atoms with van der Waals surface area (Å²) in [6.07, 6.45) is 7.24. The molecule has 0 aliphatic carbocycles. The van der Waals surface area contributed by atoms with Crippen molar-refractivity contribution in [2.75, 3.05) is 59.4 Å². The van der Waals surface area contributed by atoms with Crippen LogP contribution in [0.5, 0.6) is 0 Å². The molecule has 0 aromatic carbocycles. The molecule has 9 nitrogen and oxygen atoms in total. The van der Waals surface area contributed by atoms with Crippen LogP contribution in [-0.2, 0) is 17.9 Å². The largest absolute Gasteiger partial charge is 0.315 e. The van der Waals surface area contributed by atoms with Gasteiger partial charge in [-0.15, -0.1) is 0 Å². The van der Waals surface area contributed by atoms with Crippen LogP contribution in [0.4, 0.5) is 0 Å². The van der Waals surface area contributed by atoms with Crippen molar-refractivity contribution in [3.8, 4) is 0 Å². The van der Waals surface area contributed by atoms with E-state index < -0.39 is 0 Å². The van der Waals surface area contributed by atoms with Gasteiger partial charge in [-0.1, -0.05) is 0 Å². The van der Waals surface area contributed by atoms with Crippen LogP contribution < -0.4 is 5.32 Å². The minimum atomic E-state index is 0.321. The molecule has 0 saturated carbocycles. The van der Waals surface area contributed by atoms with Gasteiger partial charge in [-0.05, 0) is 30.2 Å². The molecule has 11 heteroatoms. The fraction of sp³-hybridized carbons (Fsp3) is 0.591. The van der Waals surface area contributed by atoms with E-state index >= 15 is 0 Å². The SMILES string of the molecule is C=O.CN1CC2(C1)CN(Cc1cnc(Cl)nc1)C2.Clc1ncc(CN2CC3(CNC3)C2)cn1. The number of rotatable bonds is 4. The highest BCUT2D eigenvalue weighted by molar-refractivity contribution is 6.28. The summed E-state index contributed by atoms with van der Waals surface area (Å²) < 4.78 is 0. The minimum absolute atomic E-state index is 0.321. The van der Waals surface area contributed by atoms with Crippen molar-refractivity contribution in [1.82, 2.24) is 40.0 Å². The topological polar surface area (TPSA) is 90.4 Å². The van der Waals surface area contributed by atoms with Gasteiger partial charge < -0.3 is 15.0 Å². The zero-order chi connectivity index (χ0) is 23.5. The Labute approximate surface area is 204 Å². The summed E-state index contributed by atoms with van der Waals surface area (Å²) in [7, 11) is 2.18. The third-order valence-corrected chi connectivity index (χ3v) is 7.00. The molecule has 0 amide bonds. The average Bonchev–Trinajstić information content (AvgIpc) is 2.71. The zero-order valence-electron chi connectivity index (χ0n) is 18.9. The lowest BCUT2D eigenvalue weighted by atomic mass is 9.73. The molecule has 2 aromatic heterocycles. The first-order valence-electron chi connectivity index (χ1n) is 11.0. The van der Waals surface area contributed by atoms with E-state index in [-0.39, 0.29) is 0 Å².